The lowest BCUT2D eigenvalue weighted by Gasteiger charge is -2.25. The van der Waals surface area contributed by atoms with Gasteiger partial charge in [0.2, 0.25) is 0 Å². The molecule has 0 saturated heterocycles. The van der Waals surface area contributed by atoms with Gasteiger partial charge >= 0.3 is 0 Å². The van der Waals surface area contributed by atoms with E-state index in [1.165, 1.54) is 32.1 Å². The molecule has 2 heterocycles. The summed E-state index contributed by atoms with van der Waals surface area (Å²) in [7, 11) is 0. The molecule has 0 unspecified atom stereocenters. The lowest BCUT2D eigenvalue weighted by molar-refractivity contribution is 0.0694. The van der Waals surface area contributed by atoms with Crippen LogP contribution in [0.5, 0.6) is 0 Å². The first kappa shape index (κ1) is 25.9. The van der Waals surface area contributed by atoms with Crippen LogP contribution in [-0.4, -0.2) is 37.7 Å². The summed E-state index contributed by atoms with van der Waals surface area (Å²) in [6.07, 6.45) is 8.66. The molecule has 35 heavy (non-hydrogen) atoms. The number of amides is 1. The van der Waals surface area contributed by atoms with Crippen molar-refractivity contribution in [1.82, 2.24) is 19.9 Å². The molecule has 2 aromatic heterocycles. The molecule has 0 aliphatic heterocycles. The quantitative estimate of drug-likeness (QED) is 0.534. The van der Waals surface area contributed by atoms with Crippen LogP contribution in [0.1, 0.15) is 114 Å². The van der Waals surface area contributed by atoms with Gasteiger partial charge in [0.1, 0.15) is 5.82 Å². The smallest absolute Gasteiger partial charge is 0.253 e. The standard InChI is InChI=1S/C29H44N4O2/c1-19-21(25(34)30-18-28(5,6)35)15-23(33(19)17-20-11-9-8-10-12-20)22-16-24(29(7)13-14-29)32-26(31-22)27(2,3)4/h15-16,20,35H,8-14,17-18H2,1-7H3,(H,30,34). The first-order valence-electron chi connectivity index (χ1n) is 13.4. The van der Waals surface area contributed by atoms with Crippen molar-refractivity contribution >= 4 is 5.91 Å². The molecule has 0 aromatic carbocycles. The Morgan fingerprint density at radius 1 is 1.11 bits per heavy atom. The molecule has 4 rings (SSSR count). The topological polar surface area (TPSA) is 80.0 Å². The van der Waals surface area contributed by atoms with E-state index in [1.54, 1.807) is 13.8 Å². The molecule has 0 radical (unpaired) electrons. The van der Waals surface area contributed by atoms with Crippen LogP contribution in [0, 0.1) is 12.8 Å². The van der Waals surface area contributed by atoms with E-state index in [1.807, 2.05) is 13.0 Å². The van der Waals surface area contributed by atoms with Crippen LogP contribution in [0.2, 0.25) is 0 Å². The molecule has 2 fully saturated rings. The number of rotatable bonds is 7. The van der Waals surface area contributed by atoms with Gasteiger partial charge < -0.3 is 15.0 Å². The van der Waals surface area contributed by atoms with Crippen molar-refractivity contribution in [3.63, 3.8) is 0 Å². The maximum atomic E-state index is 13.2. The van der Waals surface area contributed by atoms with Crippen molar-refractivity contribution in [3.05, 3.63) is 34.9 Å². The SMILES string of the molecule is Cc1c(C(=O)NCC(C)(C)O)cc(-c2cc(C3(C)CC3)nc(C(C)(C)C)n2)n1CC1CCCCC1. The largest absolute Gasteiger partial charge is 0.389 e. The second-order valence-corrected chi connectivity index (χ2v) is 12.9. The van der Waals surface area contributed by atoms with Crippen LogP contribution in [0.25, 0.3) is 11.4 Å². The van der Waals surface area contributed by atoms with Crippen molar-refractivity contribution in [2.75, 3.05) is 6.54 Å². The van der Waals surface area contributed by atoms with Crippen LogP contribution in [0.4, 0.5) is 0 Å². The van der Waals surface area contributed by atoms with Crippen molar-refractivity contribution in [3.8, 4) is 11.4 Å². The Bertz CT molecular complexity index is 1050. The Labute approximate surface area is 211 Å². The number of carbonyl (C=O) groups is 1. The Morgan fingerprint density at radius 3 is 2.34 bits per heavy atom. The Kier molecular flexibility index (Phi) is 6.91. The zero-order valence-electron chi connectivity index (χ0n) is 22.8. The van der Waals surface area contributed by atoms with E-state index in [0.717, 1.165) is 48.0 Å². The van der Waals surface area contributed by atoms with Gasteiger partial charge in [0.25, 0.3) is 5.91 Å². The van der Waals surface area contributed by atoms with Gasteiger partial charge in [-0.1, -0.05) is 47.0 Å². The van der Waals surface area contributed by atoms with Gasteiger partial charge in [0.05, 0.1) is 28.2 Å². The zero-order valence-corrected chi connectivity index (χ0v) is 22.8. The number of nitrogens with one attached hydrogen (secondary N) is 1. The van der Waals surface area contributed by atoms with Crippen LogP contribution < -0.4 is 5.32 Å². The molecule has 192 valence electrons. The maximum absolute atomic E-state index is 13.2. The molecule has 0 spiro atoms. The number of hydrogen-bond donors (Lipinski definition) is 2. The van der Waals surface area contributed by atoms with Crippen LogP contribution >= 0.6 is 0 Å². The van der Waals surface area contributed by atoms with Gasteiger partial charge in [-0.05, 0) is 64.5 Å². The molecule has 2 aromatic rings. The molecule has 2 saturated carbocycles. The summed E-state index contributed by atoms with van der Waals surface area (Å²) in [4.78, 5) is 23.3. The average Bonchev–Trinajstić information content (AvgIpc) is 3.46. The molecule has 6 heteroatoms. The molecule has 1 amide bonds. The predicted octanol–water partition coefficient (Wildman–Crippen LogP) is 5.68. The monoisotopic (exact) mass is 480 g/mol. The molecular weight excluding hydrogens is 436 g/mol. The highest BCUT2D eigenvalue weighted by atomic mass is 16.3. The van der Waals surface area contributed by atoms with E-state index in [0.29, 0.717) is 11.5 Å². The van der Waals surface area contributed by atoms with E-state index in [9.17, 15) is 9.90 Å². The summed E-state index contributed by atoms with van der Waals surface area (Å²) < 4.78 is 2.32. The molecule has 6 nitrogen and oxygen atoms in total. The lowest BCUT2D eigenvalue weighted by Crippen LogP contribution is -2.38. The minimum absolute atomic E-state index is 0.125. The first-order chi connectivity index (χ1) is 16.3. The summed E-state index contributed by atoms with van der Waals surface area (Å²) in [6.45, 7) is 15.3. The summed E-state index contributed by atoms with van der Waals surface area (Å²) in [5, 5.41) is 13.0. The second-order valence-electron chi connectivity index (χ2n) is 12.9. The van der Waals surface area contributed by atoms with E-state index >= 15 is 0 Å². The van der Waals surface area contributed by atoms with Gasteiger partial charge in [-0.3, -0.25) is 4.79 Å². The third kappa shape index (κ3) is 5.96. The average molecular weight is 481 g/mol. The highest BCUT2D eigenvalue weighted by molar-refractivity contribution is 5.97. The first-order valence-corrected chi connectivity index (χ1v) is 13.4. The molecule has 2 aliphatic carbocycles. The molecule has 0 bridgehead atoms. The second kappa shape index (κ2) is 9.34. The van der Waals surface area contributed by atoms with E-state index in [2.05, 4.69) is 43.6 Å². The van der Waals surface area contributed by atoms with E-state index in [-0.39, 0.29) is 23.3 Å². The number of aromatic nitrogens is 3. The summed E-state index contributed by atoms with van der Waals surface area (Å²) in [6, 6.07) is 4.17. The fourth-order valence-corrected chi connectivity index (χ4v) is 5.01. The van der Waals surface area contributed by atoms with Gasteiger partial charge in [0, 0.05) is 29.6 Å². The third-order valence-electron chi connectivity index (χ3n) is 7.74. The number of aliphatic hydroxyl groups is 1. The summed E-state index contributed by atoms with van der Waals surface area (Å²) in [5.41, 5.74) is 3.65. The Hall–Kier alpha value is -2.21. The van der Waals surface area contributed by atoms with Gasteiger partial charge in [-0.2, -0.15) is 0 Å². The van der Waals surface area contributed by atoms with Crippen LogP contribution in [-0.2, 0) is 17.4 Å². The predicted molar refractivity (Wildman–Crippen MR) is 141 cm³/mol. The highest BCUT2D eigenvalue weighted by Gasteiger charge is 2.41. The fraction of sp³-hybridized carbons (Fsp3) is 0.690. The molecule has 2 N–H and O–H groups in total. The zero-order chi connectivity index (χ0) is 25.6. The van der Waals surface area contributed by atoms with Crippen molar-refractivity contribution in [2.24, 2.45) is 5.92 Å². The van der Waals surface area contributed by atoms with Gasteiger partial charge in [0.15, 0.2) is 0 Å². The fourth-order valence-electron chi connectivity index (χ4n) is 5.01. The van der Waals surface area contributed by atoms with Crippen LogP contribution in [0.15, 0.2) is 12.1 Å². The summed E-state index contributed by atoms with van der Waals surface area (Å²) in [5.74, 6) is 1.33. The number of carbonyl (C=O) groups excluding carboxylic acids is 1. The lowest BCUT2D eigenvalue weighted by atomic mass is 9.89. The maximum Gasteiger partial charge on any atom is 0.253 e. The highest BCUT2D eigenvalue weighted by Crippen LogP contribution is 2.47. The molecule has 2 aliphatic rings. The minimum atomic E-state index is -0.958. The van der Waals surface area contributed by atoms with Crippen molar-refractivity contribution < 1.29 is 9.90 Å². The van der Waals surface area contributed by atoms with Crippen molar-refractivity contribution in [2.45, 2.75) is 116 Å². The van der Waals surface area contributed by atoms with Crippen molar-refractivity contribution in [1.29, 1.82) is 0 Å². The van der Waals surface area contributed by atoms with Crippen LogP contribution in [0.3, 0.4) is 0 Å². The number of hydrogen-bond acceptors (Lipinski definition) is 4. The van der Waals surface area contributed by atoms with Gasteiger partial charge in [-0.15, -0.1) is 0 Å². The van der Waals surface area contributed by atoms with E-state index < -0.39 is 5.60 Å². The molecule has 0 atom stereocenters. The normalized spacial score (nSPS) is 18.5. The third-order valence-corrected chi connectivity index (χ3v) is 7.74. The minimum Gasteiger partial charge on any atom is -0.389 e. The van der Waals surface area contributed by atoms with Gasteiger partial charge in [-0.25, -0.2) is 9.97 Å². The molecular formula is C29H44N4O2. The van der Waals surface area contributed by atoms with E-state index in [4.69, 9.17) is 9.97 Å². The number of nitrogens with zero attached hydrogens (tertiary/aromatic N) is 3. The summed E-state index contributed by atoms with van der Waals surface area (Å²) >= 11 is 0. The Balaban J connectivity index is 1.80. The Morgan fingerprint density at radius 2 is 1.77 bits per heavy atom.